The first-order valence-corrected chi connectivity index (χ1v) is 12.9. The summed E-state index contributed by atoms with van der Waals surface area (Å²) in [5, 5.41) is 8.24. The Morgan fingerprint density at radius 3 is 2.83 bits per heavy atom. The second-order valence-electron chi connectivity index (χ2n) is 9.58. The molecule has 0 unspecified atom stereocenters. The molecule has 4 heterocycles. The average molecular weight is 475 g/mol. The van der Waals surface area contributed by atoms with Gasteiger partial charge in [0, 0.05) is 43.6 Å². The summed E-state index contributed by atoms with van der Waals surface area (Å²) in [4.78, 5) is 22.4. The Morgan fingerprint density at radius 1 is 1.26 bits per heavy atom. The number of nitrogens with zero attached hydrogens (tertiary/aromatic N) is 5. The number of fused-ring (bicyclic) bond motifs is 1. The molecular formula is C28H38N6O. The number of hydrogen-bond donors (Lipinski definition) is 1. The molecule has 1 amide bonds. The Kier molecular flexibility index (Phi) is 7.86. The van der Waals surface area contributed by atoms with Gasteiger partial charge in [-0.2, -0.15) is 5.10 Å². The van der Waals surface area contributed by atoms with Crippen molar-refractivity contribution in [1.82, 2.24) is 29.7 Å². The number of amides is 1. The molecule has 0 spiro atoms. The van der Waals surface area contributed by atoms with Gasteiger partial charge in [-0.3, -0.25) is 14.7 Å². The van der Waals surface area contributed by atoms with Crippen molar-refractivity contribution in [3.8, 4) is 0 Å². The lowest BCUT2D eigenvalue weighted by Gasteiger charge is -2.36. The molecule has 2 aliphatic heterocycles. The number of nitrogens with one attached hydrogen (secondary N) is 1. The second-order valence-corrected chi connectivity index (χ2v) is 9.58. The fraction of sp³-hybridized carbons (Fsp3) is 0.464. The van der Waals surface area contributed by atoms with Gasteiger partial charge < -0.3 is 10.2 Å². The predicted octanol–water partition coefficient (Wildman–Crippen LogP) is 4.61. The van der Waals surface area contributed by atoms with Crippen LogP contribution in [0.1, 0.15) is 64.0 Å². The number of carbonyl (C=O) groups is 1. The van der Waals surface area contributed by atoms with Crippen molar-refractivity contribution in [3.63, 3.8) is 0 Å². The lowest BCUT2D eigenvalue weighted by atomic mass is 10.1. The second kappa shape index (κ2) is 11.0. The van der Waals surface area contributed by atoms with Gasteiger partial charge in [0.2, 0.25) is 0 Å². The number of carbonyl (C=O) groups excluding carboxylic acids is 1. The molecule has 1 saturated heterocycles. The van der Waals surface area contributed by atoms with Crippen LogP contribution < -0.4 is 5.32 Å². The molecule has 2 aromatic rings. The zero-order valence-corrected chi connectivity index (χ0v) is 21.7. The van der Waals surface area contributed by atoms with Crippen LogP contribution in [0.25, 0.3) is 11.1 Å². The first-order chi connectivity index (χ1) is 16.9. The summed E-state index contributed by atoms with van der Waals surface area (Å²) in [6, 6.07) is 2.47. The van der Waals surface area contributed by atoms with E-state index in [4.69, 9.17) is 10.1 Å². The maximum Gasteiger partial charge on any atom is 0.255 e. The molecule has 0 aliphatic carbocycles. The van der Waals surface area contributed by atoms with Crippen LogP contribution in [0.2, 0.25) is 0 Å². The van der Waals surface area contributed by atoms with E-state index >= 15 is 0 Å². The average Bonchev–Trinajstić information content (AvgIpc) is 3.27. The molecule has 2 aromatic heterocycles. The summed E-state index contributed by atoms with van der Waals surface area (Å²) in [6.45, 7) is 13.2. The number of hydrogen-bond acceptors (Lipinski definition) is 5. The van der Waals surface area contributed by atoms with Gasteiger partial charge in [-0.05, 0) is 57.4 Å². The Labute approximate surface area is 208 Å². The molecule has 2 aliphatic rings. The van der Waals surface area contributed by atoms with Crippen molar-refractivity contribution in [2.45, 2.75) is 66.3 Å². The molecule has 4 rings (SSSR count). The third-order valence-electron chi connectivity index (χ3n) is 6.46. The summed E-state index contributed by atoms with van der Waals surface area (Å²) >= 11 is 0. The van der Waals surface area contributed by atoms with Crippen molar-refractivity contribution in [2.75, 3.05) is 19.6 Å². The molecule has 0 aromatic carbocycles. The van der Waals surface area contributed by atoms with Crippen LogP contribution in [0.3, 0.4) is 0 Å². The van der Waals surface area contributed by atoms with E-state index in [1.807, 2.05) is 36.8 Å². The van der Waals surface area contributed by atoms with Gasteiger partial charge in [-0.1, -0.05) is 32.8 Å². The third kappa shape index (κ3) is 5.73. The fourth-order valence-electron chi connectivity index (χ4n) is 4.63. The zero-order chi connectivity index (χ0) is 24.9. The van der Waals surface area contributed by atoms with Crippen molar-refractivity contribution in [2.24, 2.45) is 0 Å². The highest BCUT2D eigenvalue weighted by molar-refractivity contribution is 5.96. The van der Waals surface area contributed by atoms with E-state index in [0.29, 0.717) is 6.04 Å². The Bertz CT molecular complexity index is 1200. The largest absolute Gasteiger partial charge is 0.368 e. The van der Waals surface area contributed by atoms with E-state index in [9.17, 15) is 4.79 Å². The maximum atomic E-state index is 13.5. The minimum atomic E-state index is -0.0602. The SMILES string of the molecule is CCC/C=C1\C=CC(N2CCN[C@H](C)C2)=CN1C(=O)/C=C(\C)c1cc2c(CCC)nc(C)cn2n1. The van der Waals surface area contributed by atoms with Crippen molar-refractivity contribution >= 4 is 17.0 Å². The summed E-state index contributed by atoms with van der Waals surface area (Å²) < 4.78 is 1.89. The number of piperazine rings is 1. The van der Waals surface area contributed by atoms with Crippen LogP contribution in [0, 0.1) is 6.92 Å². The molecule has 0 radical (unpaired) electrons. The van der Waals surface area contributed by atoms with Gasteiger partial charge in [-0.25, -0.2) is 4.52 Å². The van der Waals surface area contributed by atoms with Crippen molar-refractivity contribution in [1.29, 1.82) is 0 Å². The quantitative estimate of drug-likeness (QED) is 0.594. The molecule has 1 atom stereocenters. The fourth-order valence-corrected chi connectivity index (χ4v) is 4.63. The molecule has 1 N–H and O–H groups in total. The van der Waals surface area contributed by atoms with E-state index in [1.54, 1.807) is 11.0 Å². The van der Waals surface area contributed by atoms with Crippen LogP contribution in [-0.2, 0) is 11.2 Å². The van der Waals surface area contributed by atoms with Crippen LogP contribution in [0.5, 0.6) is 0 Å². The van der Waals surface area contributed by atoms with Crippen molar-refractivity contribution in [3.05, 3.63) is 71.2 Å². The van der Waals surface area contributed by atoms with Gasteiger partial charge in [0.05, 0.1) is 34.5 Å². The van der Waals surface area contributed by atoms with E-state index in [2.05, 4.69) is 49.2 Å². The maximum absolute atomic E-state index is 13.5. The normalized spacial score (nSPS) is 20.1. The summed E-state index contributed by atoms with van der Waals surface area (Å²) in [5.41, 5.74) is 6.64. The minimum Gasteiger partial charge on any atom is -0.368 e. The van der Waals surface area contributed by atoms with Gasteiger partial charge in [0.25, 0.3) is 5.91 Å². The van der Waals surface area contributed by atoms with E-state index in [0.717, 1.165) is 84.9 Å². The molecule has 0 bridgehead atoms. The van der Waals surface area contributed by atoms with Crippen LogP contribution in [0.15, 0.2) is 54.2 Å². The van der Waals surface area contributed by atoms with Gasteiger partial charge in [0.15, 0.2) is 0 Å². The molecule has 186 valence electrons. The van der Waals surface area contributed by atoms with Gasteiger partial charge in [-0.15, -0.1) is 0 Å². The van der Waals surface area contributed by atoms with E-state index < -0.39 is 0 Å². The van der Waals surface area contributed by atoms with Crippen LogP contribution >= 0.6 is 0 Å². The monoisotopic (exact) mass is 474 g/mol. The van der Waals surface area contributed by atoms with Gasteiger partial charge >= 0.3 is 0 Å². The first-order valence-electron chi connectivity index (χ1n) is 12.9. The number of unbranched alkanes of at least 4 members (excludes halogenated alkanes) is 1. The molecule has 1 fully saturated rings. The number of aromatic nitrogens is 3. The predicted molar refractivity (Wildman–Crippen MR) is 141 cm³/mol. The lowest BCUT2D eigenvalue weighted by Crippen LogP contribution is -2.48. The third-order valence-corrected chi connectivity index (χ3v) is 6.46. The minimum absolute atomic E-state index is 0.0602. The molecule has 7 heteroatoms. The number of aryl methyl sites for hydroxylation is 2. The van der Waals surface area contributed by atoms with Gasteiger partial charge in [0.1, 0.15) is 0 Å². The highest BCUT2D eigenvalue weighted by atomic mass is 16.2. The standard InChI is InChI=1S/C28H38N6O/c1-6-8-10-23-11-12-24(32-14-13-29-21(4)17-32)19-33(23)28(35)15-20(3)26-16-27-25(9-7-2)30-22(5)18-34(27)31-26/h10-12,15-16,18-19,21,29H,6-9,13-14,17H2,1-5H3/b20-15+,23-10+/t21-/m1/s1. The van der Waals surface area contributed by atoms with E-state index in [1.165, 1.54) is 0 Å². The Balaban J connectivity index is 1.63. The molecule has 0 saturated carbocycles. The molecule has 35 heavy (non-hydrogen) atoms. The zero-order valence-electron chi connectivity index (χ0n) is 21.7. The Hall–Kier alpha value is -3.19. The summed E-state index contributed by atoms with van der Waals surface area (Å²) in [6.07, 6.45) is 15.9. The van der Waals surface area contributed by atoms with Crippen LogP contribution in [0.4, 0.5) is 0 Å². The molecule has 7 nitrogen and oxygen atoms in total. The topological polar surface area (TPSA) is 65.8 Å². The number of allylic oxidation sites excluding steroid dienone is 4. The highest BCUT2D eigenvalue weighted by Gasteiger charge is 2.23. The highest BCUT2D eigenvalue weighted by Crippen LogP contribution is 2.24. The van der Waals surface area contributed by atoms with Crippen LogP contribution in [-0.4, -0.2) is 56.0 Å². The first kappa shape index (κ1) is 24.9. The van der Waals surface area contributed by atoms with E-state index in [-0.39, 0.29) is 5.91 Å². The summed E-state index contributed by atoms with van der Waals surface area (Å²) in [5.74, 6) is -0.0602. The lowest BCUT2D eigenvalue weighted by molar-refractivity contribution is -0.122. The van der Waals surface area contributed by atoms with Crippen molar-refractivity contribution < 1.29 is 4.79 Å². The summed E-state index contributed by atoms with van der Waals surface area (Å²) in [7, 11) is 0. The molecular weight excluding hydrogens is 436 g/mol. The number of rotatable bonds is 7. The smallest absolute Gasteiger partial charge is 0.255 e. The Morgan fingerprint density at radius 2 is 2.09 bits per heavy atom.